The lowest BCUT2D eigenvalue weighted by Gasteiger charge is -2.30. The molecule has 2 aliphatic heterocycles. The Kier molecular flexibility index (Phi) is 25.1. The molecular formula is C53H80N14O14S. The molecule has 2 fully saturated rings. The molecule has 82 heavy (non-hydrogen) atoms. The Bertz CT molecular complexity index is 2690. The van der Waals surface area contributed by atoms with E-state index in [-0.39, 0.29) is 69.8 Å². The summed E-state index contributed by atoms with van der Waals surface area (Å²) in [5, 5.41) is 59.4. The fourth-order valence-corrected chi connectivity index (χ4v) is 10.1. The number of carbonyl (C=O) groups is 10. The molecule has 452 valence electrons. The predicted molar refractivity (Wildman–Crippen MR) is 300 cm³/mol. The number of aromatic nitrogens is 3. The second kappa shape index (κ2) is 31.3. The maximum absolute atomic E-state index is 14.7. The van der Waals surface area contributed by atoms with E-state index < -0.39 is 138 Å². The molecule has 2 aliphatic rings. The number of aliphatic hydroxyl groups excluding tert-OH is 3. The summed E-state index contributed by atoms with van der Waals surface area (Å²) in [6.07, 6.45) is 3.21. The van der Waals surface area contributed by atoms with Gasteiger partial charge >= 0.3 is 5.97 Å². The van der Waals surface area contributed by atoms with Gasteiger partial charge < -0.3 is 88.9 Å². The van der Waals surface area contributed by atoms with Gasteiger partial charge in [-0.2, -0.15) is 12.6 Å². The van der Waals surface area contributed by atoms with Crippen molar-refractivity contribution >= 4 is 82.7 Å². The number of amides is 9. The number of carbonyl (C=O) groups excluding carboxylic acids is 9. The molecule has 0 unspecified atom stereocenters. The number of aliphatic hydroxyl groups is 3. The number of hydrogen-bond acceptors (Lipinski definition) is 17. The fourth-order valence-electron chi connectivity index (χ4n) is 9.87. The summed E-state index contributed by atoms with van der Waals surface area (Å²) in [6.45, 7) is 5.63. The number of carboxylic acids is 1. The summed E-state index contributed by atoms with van der Waals surface area (Å²) in [5.74, 6) is -9.38. The van der Waals surface area contributed by atoms with Crippen molar-refractivity contribution in [2.75, 3.05) is 32.0 Å². The normalized spacial score (nSPS) is 18.9. The van der Waals surface area contributed by atoms with Crippen LogP contribution in [0.1, 0.15) is 90.3 Å². The summed E-state index contributed by atoms with van der Waals surface area (Å²) in [4.78, 5) is 150. The van der Waals surface area contributed by atoms with Crippen LogP contribution in [-0.4, -0.2) is 209 Å². The summed E-state index contributed by atoms with van der Waals surface area (Å²) in [6, 6.07) is -6.58. The Morgan fingerprint density at radius 2 is 1.27 bits per heavy atom. The van der Waals surface area contributed by atoms with Crippen LogP contribution >= 0.6 is 12.6 Å². The van der Waals surface area contributed by atoms with E-state index in [9.17, 15) is 68.4 Å². The van der Waals surface area contributed by atoms with Gasteiger partial charge in [-0.25, -0.2) is 9.78 Å². The third-order valence-corrected chi connectivity index (χ3v) is 14.8. The third kappa shape index (κ3) is 17.9. The number of aliphatic carboxylic acids is 1. The summed E-state index contributed by atoms with van der Waals surface area (Å²) >= 11 is 4.34. The molecular weight excluding hydrogens is 1090 g/mol. The fraction of sp³-hybridized carbons (Fsp3) is 0.604. The zero-order chi connectivity index (χ0) is 60.4. The van der Waals surface area contributed by atoms with E-state index in [1.807, 2.05) is 18.2 Å². The third-order valence-electron chi connectivity index (χ3n) is 14.4. The number of H-pyrrole nitrogens is 2. The van der Waals surface area contributed by atoms with Crippen molar-refractivity contribution in [3.8, 4) is 0 Å². The van der Waals surface area contributed by atoms with Gasteiger partial charge in [0.05, 0.1) is 25.1 Å². The zero-order valence-corrected chi connectivity index (χ0v) is 47.4. The molecule has 0 saturated carbocycles. The van der Waals surface area contributed by atoms with Crippen LogP contribution in [0, 0.1) is 5.92 Å². The van der Waals surface area contributed by atoms with Crippen LogP contribution in [0.25, 0.3) is 10.9 Å². The highest BCUT2D eigenvalue weighted by atomic mass is 32.1. The molecule has 0 aliphatic carbocycles. The quantitative estimate of drug-likeness (QED) is 0.0218. The largest absolute Gasteiger partial charge is 0.480 e. The molecule has 12 atom stereocenters. The van der Waals surface area contributed by atoms with Crippen molar-refractivity contribution < 1.29 is 68.4 Å². The predicted octanol–water partition coefficient (Wildman–Crippen LogP) is -3.68. The number of benzene rings is 1. The molecule has 0 radical (unpaired) electrons. The van der Waals surface area contributed by atoms with Crippen molar-refractivity contribution in [1.82, 2.24) is 62.0 Å². The molecule has 1 aromatic carbocycles. The number of imidazole rings is 1. The Hall–Kier alpha value is -7.18. The van der Waals surface area contributed by atoms with Crippen LogP contribution in [0.5, 0.6) is 0 Å². The molecule has 29 heteroatoms. The van der Waals surface area contributed by atoms with E-state index in [0.29, 0.717) is 36.9 Å². The van der Waals surface area contributed by atoms with Crippen LogP contribution in [0.3, 0.4) is 0 Å². The molecule has 9 amide bonds. The molecule has 2 saturated heterocycles. The van der Waals surface area contributed by atoms with E-state index in [1.165, 1.54) is 31.3 Å². The minimum atomic E-state index is -1.78. The highest BCUT2D eigenvalue weighted by Crippen LogP contribution is 2.22. The van der Waals surface area contributed by atoms with Gasteiger partial charge in [0.15, 0.2) is 0 Å². The molecule has 4 heterocycles. The lowest BCUT2D eigenvalue weighted by atomic mass is 10.00. The summed E-state index contributed by atoms with van der Waals surface area (Å²) in [5.41, 5.74) is 13.4. The Balaban J connectivity index is 1.36. The second-order valence-corrected chi connectivity index (χ2v) is 21.6. The topological polar surface area (TPSA) is 439 Å². The van der Waals surface area contributed by atoms with Crippen molar-refractivity contribution in [2.45, 2.75) is 165 Å². The monoisotopic (exact) mass is 1170 g/mol. The maximum Gasteiger partial charge on any atom is 0.326 e. The van der Waals surface area contributed by atoms with Crippen LogP contribution < -0.4 is 48.7 Å². The minimum absolute atomic E-state index is 0.00465. The number of nitrogens with one attached hydrogen (secondary N) is 9. The van der Waals surface area contributed by atoms with Crippen molar-refractivity contribution in [3.63, 3.8) is 0 Å². The smallest absolute Gasteiger partial charge is 0.326 e. The average Bonchev–Trinajstić information content (AvgIpc) is 4.39. The zero-order valence-electron chi connectivity index (χ0n) is 46.5. The van der Waals surface area contributed by atoms with Crippen LogP contribution in [0.15, 0.2) is 43.0 Å². The number of nitrogens with two attached hydrogens (primary N) is 2. The average molecular weight is 1170 g/mol. The van der Waals surface area contributed by atoms with E-state index in [2.05, 4.69) is 64.8 Å². The number of likely N-dealkylation sites (tertiary alicyclic amines) is 2. The molecule has 3 aromatic rings. The number of thiol groups is 1. The molecule has 2 aromatic heterocycles. The molecule has 28 nitrogen and oxygen atoms in total. The van der Waals surface area contributed by atoms with Gasteiger partial charge in [-0.3, -0.25) is 43.2 Å². The van der Waals surface area contributed by atoms with E-state index >= 15 is 0 Å². The van der Waals surface area contributed by atoms with Crippen LogP contribution in [0.2, 0.25) is 0 Å². The number of unbranched alkanes of at least 4 members (excludes halogenated alkanes) is 1. The van der Waals surface area contributed by atoms with E-state index in [1.54, 1.807) is 26.1 Å². The number of carboxylic acid groups (broad SMARTS) is 1. The van der Waals surface area contributed by atoms with Crippen molar-refractivity contribution in [1.29, 1.82) is 0 Å². The Morgan fingerprint density at radius 3 is 1.87 bits per heavy atom. The Labute approximate surface area is 479 Å². The van der Waals surface area contributed by atoms with Gasteiger partial charge in [-0.05, 0) is 89.3 Å². The van der Waals surface area contributed by atoms with Crippen molar-refractivity contribution in [2.24, 2.45) is 17.4 Å². The molecule has 0 bridgehead atoms. The van der Waals surface area contributed by atoms with Gasteiger partial charge in [-0.15, -0.1) is 0 Å². The van der Waals surface area contributed by atoms with E-state index in [0.717, 1.165) is 15.8 Å². The molecule has 0 spiro atoms. The van der Waals surface area contributed by atoms with Gasteiger partial charge in [0.25, 0.3) is 0 Å². The number of hydrogen-bond donors (Lipinski definition) is 16. The lowest BCUT2D eigenvalue weighted by molar-refractivity contribution is -0.150. The number of para-hydroxylation sites is 1. The first kappa shape index (κ1) is 65.6. The number of aromatic amines is 2. The van der Waals surface area contributed by atoms with Crippen LogP contribution in [0.4, 0.5) is 0 Å². The summed E-state index contributed by atoms with van der Waals surface area (Å²) in [7, 11) is 0. The van der Waals surface area contributed by atoms with Gasteiger partial charge in [0.2, 0.25) is 53.2 Å². The van der Waals surface area contributed by atoms with Crippen LogP contribution in [-0.2, 0) is 60.8 Å². The maximum atomic E-state index is 14.7. The standard InChI is InChI=1S/C53H80N14O14S/c1-27(2)19-35(45(72)62-37(21-31-23-56-26-58-31)47(74)65-43(29(4)70)50(77)63-38(24-68)51(78)67-18-10-15-41(67)53(80)81)60-44(71)34(13-7-8-16-54)59-46(73)36(20-30-22-57-33-12-6-5-11-32(30)33)61-48(75)39(25-82)64-49(76)40-14-9-17-66(40)52(79)42(55)28(3)69/h5-6,11-12,22-23,26-29,34-43,57,68-70,82H,7-10,13-21,24-25,54-55H2,1-4H3,(H,56,58)(H,59,73)(H,60,71)(H,61,75)(H,62,72)(H,63,77)(H,64,76)(H,65,74)(H,80,81)/t28-,29-,34+,35+,36+,37+,38+,39+,40+,41+,42+,43+/m1/s1. The van der Waals surface area contributed by atoms with Crippen molar-refractivity contribution in [3.05, 3.63) is 54.2 Å². The minimum Gasteiger partial charge on any atom is -0.480 e. The highest BCUT2D eigenvalue weighted by Gasteiger charge is 2.42. The SMILES string of the molecule is CC(C)C[C@H](NC(=O)[C@H](CCCCN)NC(=O)[C@H](Cc1c[nH]c2ccccc12)NC(=O)[C@H](CS)NC(=O)[C@@H]1CCCN1C(=O)[C@@H](N)[C@@H](C)O)C(=O)N[C@@H](Cc1cnc[nH]1)C(=O)N[C@H](C(=O)N[C@@H](CO)C(=O)N1CCC[C@H]1C(=O)O)[C@@H](C)O. The van der Waals surface area contributed by atoms with E-state index in [4.69, 9.17) is 11.5 Å². The molecule has 17 N–H and O–H groups in total. The first-order valence-corrected chi connectivity index (χ1v) is 28.1. The lowest BCUT2D eigenvalue weighted by Crippen LogP contribution is -2.62. The summed E-state index contributed by atoms with van der Waals surface area (Å²) < 4.78 is 0. The number of nitrogens with zero attached hydrogens (tertiary/aromatic N) is 3. The highest BCUT2D eigenvalue weighted by molar-refractivity contribution is 7.80. The first-order valence-electron chi connectivity index (χ1n) is 27.5. The van der Waals surface area contributed by atoms with Gasteiger partial charge in [0.1, 0.15) is 60.4 Å². The first-order chi connectivity index (χ1) is 39.0. The Morgan fingerprint density at radius 1 is 0.695 bits per heavy atom. The van der Waals surface area contributed by atoms with Gasteiger partial charge in [-0.1, -0.05) is 32.0 Å². The second-order valence-electron chi connectivity index (χ2n) is 21.2. The number of fused-ring (bicyclic) bond motifs is 1. The number of rotatable bonds is 31. The molecule has 5 rings (SSSR count). The van der Waals surface area contributed by atoms with Gasteiger partial charge in [0, 0.05) is 60.7 Å².